The van der Waals surface area contributed by atoms with E-state index in [2.05, 4.69) is 18.4 Å². The molecule has 2 aliphatic heterocycles. The van der Waals surface area contributed by atoms with Crippen LogP contribution in [0, 0.1) is 0 Å². The molecule has 1 unspecified atom stereocenters. The van der Waals surface area contributed by atoms with E-state index in [-0.39, 0.29) is 5.91 Å². The van der Waals surface area contributed by atoms with Crippen molar-refractivity contribution in [2.45, 2.75) is 39.3 Å². The molecule has 3 rings (SSSR count). The van der Waals surface area contributed by atoms with Crippen molar-refractivity contribution in [2.24, 2.45) is 5.10 Å². The first kappa shape index (κ1) is 19.2. The van der Waals surface area contributed by atoms with Crippen LogP contribution in [0.15, 0.2) is 35.2 Å². The number of halogens is 2. The highest BCUT2D eigenvalue weighted by molar-refractivity contribution is 6.42. The molecular weight excluding hydrogens is 371 g/mol. The number of carbonyl (C=O) groups excluding carboxylic acids is 1. The zero-order chi connectivity index (χ0) is 18.7. The number of carbonyl (C=O) groups is 1. The van der Waals surface area contributed by atoms with Crippen LogP contribution in [0.1, 0.15) is 32.3 Å². The molecular formula is C19H25Cl2N4O+. The Morgan fingerprint density at radius 2 is 2.04 bits per heavy atom. The fraction of sp³-hybridized carbons (Fsp3) is 0.474. The van der Waals surface area contributed by atoms with Crippen molar-refractivity contribution in [3.05, 3.63) is 45.7 Å². The van der Waals surface area contributed by atoms with Gasteiger partial charge in [0.05, 0.1) is 10.0 Å². The topological polar surface area (TPSA) is 44.7 Å². The molecule has 140 valence electrons. The third-order valence-electron chi connectivity index (χ3n) is 5.11. The van der Waals surface area contributed by atoms with Crippen molar-refractivity contribution >= 4 is 35.3 Å². The highest BCUT2D eigenvalue weighted by atomic mass is 35.5. The van der Waals surface area contributed by atoms with Crippen LogP contribution in [0.2, 0.25) is 10.0 Å². The van der Waals surface area contributed by atoms with Gasteiger partial charge in [-0.05, 0) is 31.9 Å². The van der Waals surface area contributed by atoms with Gasteiger partial charge in [-0.25, -0.2) is 0 Å². The summed E-state index contributed by atoms with van der Waals surface area (Å²) < 4.78 is 0.507. The van der Waals surface area contributed by atoms with E-state index in [1.807, 2.05) is 29.3 Å². The molecule has 0 spiro atoms. The molecule has 1 N–H and O–H groups in total. The Balaban J connectivity index is 1.64. The fourth-order valence-electron chi connectivity index (χ4n) is 3.48. The third-order valence-corrected chi connectivity index (χ3v) is 5.84. The molecule has 1 atom stereocenters. The maximum Gasteiger partial charge on any atom is 0.219 e. The number of quaternary nitrogens is 1. The van der Waals surface area contributed by atoms with Gasteiger partial charge < -0.3 is 10.2 Å². The van der Waals surface area contributed by atoms with Gasteiger partial charge in [0.1, 0.15) is 31.2 Å². The predicted molar refractivity (Wildman–Crippen MR) is 106 cm³/mol. The maximum atomic E-state index is 11.4. The van der Waals surface area contributed by atoms with E-state index in [1.165, 1.54) is 0 Å². The van der Waals surface area contributed by atoms with E-state index in [0.717, 1.165) is 50.3 Å². The second-order valence-corrected chi connectivity index (χ2v) is 7.78. The van der Waals surface area contributed by atoms with E-state index in [4.69, 9.17) is 28.3 Å². The van der Waals surface area contributed by atoms with Gasteiger partial charge in [0.2, 0.25) is 5.91 Å². The normalized spacial score (nSPS) is 23.2. The number of likely N-dealkylation sites (tertiary alicyclic amines) is 1. The minimum Gasteiger partial charge on any atom is -0.376 e. The molecule has 1 fully saturated rings. The first-order valence-corrected chi connectivity index (χ1v) is 9.77. The number of rotatable bonds is 5. The van der Waals surface area contributed by atoms with Gasteiger partial charge in [-0.15, -0.1) is 0 Å². The summed E-state index contributed by atoms with van der Waals surface area (Å²) in [4.78, 5) is 13.4. The molecule has 1 amide bonds. The van der Waals surface area contributed by atoms with Crippen LogP contribution >= 0.6 is 23.2 Å². The second kappa shape index (κ2) is 7.99. The van der Waals surface area contributed by atoms with Gasteiger partial charge in [0.25, 0.3) is 0 Å². The lowest BCUT2D eigenvalue weighted by atomic mass is 10.0. The van der Waals surface area contributed by atoms with E-state index >= 15 is 0 Å². The van der Waals surface area contributed by atoms with Crippen molar-refractivity contribution in [2.75, 3.05) is 19.6 Å². The van der Waals surface area contributed by atoms with Crippen molar-refractivity contribution in [3.63, 3.8) is 0 Å². The largest absolute Gasteiger partial charge is 0.376 e. The van der Waals surface area contributed by atoms with Gasteiger partial charge in [0, 0.05) is 31.6 Å². The molecule has 1 aromatic rings. The number of nitrogens with one attached hydrogen (secondary N) is 1. The molecule has 2 aliphatic rings. The summed E-state index contributed by atoms with van der Waals surface area (Å²) in [7, 11) is 0. The standard InChI is InChI=1S/C19H25Cl2N4O/c1-3-25(12-15-4-5-18(20)19(21)10-15)13-17(11-22-25)23-16-6-8-24(9-7-16)14(2)26/h4-5,10-11,13,16,23H,3,6-9,12H2,1-2H3/q+1. The van der Waals surface area contributed by atoms with Gasteiger partial charge in [-0.1, -0.05) is 34.4 Å². The minimum atomic E-state index is 0.161. The Morgan fingerprint density at radius 1 is 1.31 bits per heavy atom. The lowest BCUT2D eigenvalue weighted by Gasteiger charge is -2.32. The maximum absolute atomic E-state index is 11.4. The van der Waals surface area contributed by atoms with Gasteiger partial charge >= 0.3 is 0 Å². The van der Waals surface area contributed by atoms with Crippen LogP contribution in [-0.2, 0) is 11.3 Å². The quantitative estimate of drug-likeness (QED) is 0.771. The number of hydrogen-bond acceptors (Lipinski definition) is 3. The zero-order valence-electron chi connectivity index (χ0n) is 15.2. The lowest BCUT2D eigenvalue weighted by Crippen LogP contribution is -2.44. The average molecular weight is 396 g/mol. The minimum absolute atomic E-state index is 0.161. The second-order valence-electron chi connectivity index (χ2n) is 6.96. The number of piperidine rings is 1. The lowest BCUT2D eigenvalue weighted by molar-refractivity contribution is -0.895. The Kier molecular flexibility index (Phi) is 5.90. The molecule has 1 aromatic carbocycles. The van der Waals surface area contributed by atoms with Crippen molar-refractivity contribution < 1.29 is 9.39 Å². The first-order valence-electron chi connectivity index (χ1n) is 9.02. The Labute approximate surface area is 164 Å². The molecule has 0 aromatic heterocycles. The third kappa shape index (κ3) is 4.40. The summed E-state index contributed by atoms with van der Waals surface area (Å²) in [6, 6.07) is 6.11. The number of nitrogens with zero attached hydrogens (tertiary/aromatic N) is 3. The molecule has 0 aliphatic carbocycles. The predicted octanol–water partition coefficient (Wildman–Crippen LogP) is 3.77. The van der Waals surface area contributed by atoms with Gasteiger partial charge in [-0.3, -0.25) is 4.79 Å². The van der Waals surface area contributed by atoms with E-state index in [0.29, 0.717) is 20.7 Å². The van der Waals surface area contributed by atoms with Crippen LogP contribution in [0.3, 0.4) is 0 Å². The molecule has 5 nitrogen and oxygen atoms in total. The highest BCUT2D eigenvalue weighted by Crippen LogP contribution is 2.27. The molecule has 26 heavy (non-hydrogen) atoms. The summed E-state index contributed by atoms with van der Waals surface area (Å²) in [5.74, 6) is 0.161. The van der Waals surface area contributed by atoms with E-state index in [1.54, 1.807) is 6.92 Å². The monoisotopic (exact) mass is 395 g/mol. The van der Waals surface area contributed by atoms with Crippen LogP contribution in [-0.4, -0.2) is 47.3 Å². The summed E-state index contributed by atoms with van der Waals surface area (Å²) in [6.45, 7) is 6.97. The van der Waals surface area contributed by atoms with Crippen LogP contribution in [0.4, 0.5) is 0 Å². The molecule has 0 radical (unpaired) electrons. The molecule has 1 saturated heterocycles. The average Bonchev–Trinajstić information content (AvgIpc) is 3.02. The van der Waals surface area contributed by atoms with Crippen LogP contribution < -0.4 is 5.32 Å². The zero-order valence-corrected chi connectivity index (χ0v) is 16.7. The summed E-state index contributed by atoms with van der Waals surface area (Å²) in [6.07, 6.45) is 6.01. The van der Waals surface area contributed by atoms with Crippen molar-refractivity contribution in [1.82, 2.24) is 10.2 Å². The SMILES string of the molecule is CC[N+]1(Cc2ccc(Cl)c(Cl)c2)C=C(NC2CCN(C(C)=O)CC2)C=N1. The molecule has 2 heterocycles. The number of allylic oxidation sites excluding steroid dienone is 1. The first-order chi connectivity index (χ1) is 12.4. The number of benzene rings is 1. The fourth-order valence-corrected chi connectivity index (χ4v) is 3.80. The van der Waals surface area contributed by atoms with Gasteiger partial charge in [-0.2, -0.15) is 4.59 Å². The van der Waals surface area contributed by atoms with Crippen molar-refractivity contribution in [3.8, 4) is 0 Å². The van der Waals surface area contributed by atoms with Crippen LogP contribution in [0.5, 0.6) is 0 Å². The molecule has 7 heteroatoms. The van der Waals surface area contributed by atoms with Gasteiger partial charge in [0.15, 0.2) is 0 Å². The summed E-state index contributed by atoms with van der Waals surface area (Å²) >= 11 is 12.2. The Hall–Kier alpha value is -1.56. The van der Waals surface area contributed by atoms with Crippen molar-refractivity contribution in [1.29, 1.82) is 0 Å². The van der Waals surface area contributed by atoms with Crippen LogP contribution in [0.25, 0.3) is 0 Å². The number of hydrogen-bond donors (Lipinski definition) is 1. The Morgan fingerprint density at radius 3 is 2.65 bits per heavy atom. The highest BCUT2D eigenvalue weighted by Gasteiger charge is 2.30. The summed E-state index contributed by atoms with van der Waals surface area (Å²) in [5.41, 5.74) is 2.15. The summed E-state index contributed by atoms with van der Waals surface area (Å²) in [5, 5.41) is 9.46. The Bertz CT molecular complexity index is 741. The van der Waals surface area contributed by atoms with E-state index in [9.17, 15) is 4.79 Å². The molecule has 0 saturated carbocycles. The molecule has 0 bridgehead atoms. The smallest absolute Gasteiger partial charge is 0.219 e. The van der Waals surface area contributed by atoms with E-state index < -0.39 is 0 Å². The number of amides is 1.